The van der Waals surface area contributed by atoms with Crippen LogP contribution in [0, 0.1) is 35.0 Å². The number of nitrogens with zero attached hydrogens (tertiary/aromatic N) is 3. The van der Waals surface area contributed by atoms with Gasteiger partial charge in [-0.1, -0.05) is 57.9 Å². The van der Waals surface area contributed by atoms with Crippen LogP contribution in [0.4, 0.5) is 11.4 Å². The third-order valence-electron chi connectivity index (χ3n) is 20.3. The van der Waals surface area contributed by atoms with E-state index in [2.05, 4.69) is 53.5 Å². The number of aliphatic hydroxyl groups excluding tert-OH is 1. The number of piperidine rings is 1. The van der Waals surface area contributed by atoms with Crippen molar-refractivity contribution < 1.29 is 45.2 Å². The van der Waals surface area contributed by atoms with Gasteiger partial charge in [0, 0.05) is 85.5 Å². The first-order valence-electron chi connectivity index (χ1n) is 28.1. The van der Waals surface area contributed by atoms with Gasteiger partial charge in [-0.3, -0.25) is 18.8 Å². The Morgan fingerprint density at radius 2 is 1.64 bits per heavy atom. The first kappa shape index (κ1) is 54.4. The number of allylic oxidation sites excluding steroid dienone is 6. The van der Waals surface area contributed by atoms with E-state index in [9.17, 15) is 35.8 Å². The van der Waals surface area contributed by atoms with Gasteiger partial charge >= 0.3 is 0 Å². The van der Waals surface area contributed by atoms with E-state index in [-0.39, 0.29) is 38.9 Å². The number of rotatable bonds is 14. The molecule has 0 bridgehead atoms. The van der Waals surface area contributed by atoms with Crippen LogP contribution in [0.2, 0.25) is 0 Å². The Morgan fingerprint density at radius 1 is 0.920 bits per heavy atom. The molecule has 1 amide bonds. The first-order chi connectivity index (χ1) is 35.3. The topological polar surface area (TPSA) is 177 Å². The van der Waals surface area contributed by atoms with Crippen LogP contribution >= 0.6 is 0 Å². The second-order valence-corrected chi connectivity index (χ2v) is 28.0. The number of carbonyl (C=O) groups excluding carboxylic acids is 1. The third-order valence-corrected chi connectivity index (χ3v) is 22.0. The summed E-state index contributed by atoms with van der Waals surface area (Å²) in [7, 11) is -8.83. The summed E-state index contributed by atoms with van der Waals surface area (Å²) in [6.07, 6.45) is 19.9. The maximum Gasteiger partial charge on any atom is 0.294 e. The van der Waals surface area contributed by atoms with Crippen LogP contribution in [0.3, 0.4) is 0 Å². The number of ether oxygens (including phenoxy) is 1. The molecular weight excluding hydrogens is 985 g/mol. The Hall–Kier alpha value is -3.96. The zero-order valence-electron chi connectivity index (χ0n) is 45.9. The van der Waals surface area contributed by atoms with Crippen molar-refractivity contribution in [2.75, 3.05) is 37.6 Å². The molecule has 4 aliphatic heterocycles. The van der Waals surface area contributed by atoms with Crippen LogP contribution in [0.1, 0.15) is 150 Å². The number of fused-ring (bicyclic) bond motifs is 8. The van der Waals surface area contributed by atoms with Crippen molar-refractivity contribution >= 4 is 43.2 Å². The molecule has 2 saturated heterocycles. The second-order valence-electron chi connectivity index (χ2n) is 25.1. The van der Waals surface area contributed by atoms with Crippen molar-refractivity contribution in [1.29, 1.82) is 0 Å². The fraction of sp³-hybridized carbons (Fsp3) is 0.633. The predicted octanol–water partition coefficient (Wildman–Crippen LogP) is 10.2. The average molecular weight is 1070 g/mol. The first-order valence-corrected chi connectivity index (χ1v) is 31.0. The van der Waals surface area contributed by atoms with Crippen LogP contribution in [0.5, 0.6) is 0 Å². The summed E-state index contributed by atoms with van der Waals surface area (Å²) in [5.41, 5.74) is 8.71. The number of unbranched alkanes of at least 4 members (excludes halogenated alkanes) is 2. The molecule has 10 rings (SSSR count). The summed E-state index contributed by atoms with van der Waals surface area (Å²) >= 11 is 0. The molecule has 10 atom stereocenters. The average Bonchev–Trinajstić information content (AvgIpc) is 4.00. The van der Waals surface area contributed by atoms with Gasteiger partial charge in [0.05, 0.1) is 33.0 Å². The van der Waals surface area contributed by atoms with Gasteiger partial charge in [-0.2, -0.15) is 21.4 Å². The monoisotopic (exact) mass is 1070 g/mol. The highest BCUT2D eigenvalue weighted by molar-refractivity contribution is 7.86. The summed E-state index contributed by atoms with van der Waals surface area (Å²) in [4.78, 5) is 17.9. The fourth-order valence-electron chi connectivity index (χ4n) is 16.3. The van der Waals surface area contributed by atoms with Gasteiger partial charge in [-0.15, -0.1) is 0 Å². The molecule has 2 aromatic carbocycles. The Labute approximate surface area is 447 Å². The Kier molecular flexibility index (Phi) is 14.3. The lowest BCUT2D eigenvalue weighted by Crippen LogP contribution is -2.54. The minimum absolute atomic E-state index is 0.0603. The highest BCUT2D eigenvalue weighted by Crippen LogP contribution is 2.65. The van der Waals surface area contributed by atoms with Gasteiger partial charge in [0.25, 0.3) is 20.2 Å². The molecule has 4 N–H and O–H groups in total. The Morgan fingerprint density at radius 3 is 2.36 bits per heavy atom. The largest absolute Gasteiger partial charge is 0.393 e. The molecule has 10 unspecified atom stereocenters. The van der Waals surface area contributed by atoms with Crippen LogP contribution < -0.4 is 10.2 Å². The van der Waals surface area contributed by atoms with Gasteiger partial charge in [0.15, 0.2) is 5.71 Å². The fourth-order valence-corrected chi connectivity index (χ4v) is 17.3. The van der Waals surface area contributed by atoms with E-state index < -0.39 is 31.1 Å². The van der Waals surface area contributed by atoms with Gasteiger partial charge in [-0.25, -0.2) is 0 Å². The zero-order valence-corrected chi connectivity index (χ0v) is 47.5. The van der Waals surface area contributed by atoms with E-state index >= 15 is 0 Å². The molecule has 1 spiro atoms. The molecule has 75 heavy (non-hydrogen) atoms. The minimum Gasteiger partial charge on any atom is -0.393 e. The smallest absolute Gasteiger partial charge is 0.294 e. The van der Waals surface area contributed by atoms with E-state index in [1.54, 1.807) is 29.8 Å². The Balaban J connectivity index is 0.773. The van der Waals surface area contributed by atoms with Crippen molar-refractivity contribution in [3.8, 4) is 0 Å². The second kappa shape index (κ2) is 19.7. The number of nitrogens with one attached hydrogen (secondary N) is 1. The molecule has 4 aliphatic carbocycles. The minimum atomic E-state index is -4.44. The standard InChI is InChI=1S/C60H82N4O9S2/c1-10-63-50-22-19-42(74(67,68)69)33-48(50)57(5,6)53(63)15-14-16-54-58(7,8)49-34-43(75(70,71)72)20-23-51(49)64(54)29-13-11-12-17-55(66)61-28-30-62-36-37(2)31-52-56(62)39(4)60(73-52)27-25-44-45-21-18-40-32-41(65)24-26-59(40,9)47(45)35-46(44)38(60)3/h14-16,18-20,22-23,33-34,37,39,41,44-45,47,52,56,65H,10-13,17,21,24-32,35-36H2,1-9H3,(H2-,61,66,67,68,69,70,71,72)/p+1. The number of anilines is 1. The SMILES string of the molecule is CCN1C(=CC=CC2=[N+](CCCCCC(=O)NCCN3CC(C)CC4OC5(CCC6C(=C5C)CC5C6CC=C6CC(O)CCC65C)C(C)C43)c3ccc(S(=O)(=O)O)cc3C2(C)C)C(C)(C)c2cc(S(=O)(=O)O)ccc21. The van der Waals surface area contributed by atoms with Gasteiger partial charge in [0.2, 0.25) is 11.6 Å². The summed E-state index contributed by atoms with van der Waals surface area (Å²) in [6, 6.07) is 9.80. The van der Waals surface area contributed by atoms with E-state index in [4.69, 9.17) is 4.74 Å². The van der Waals surface area contributed by atoms with Crippen molar-refractivity contribution in [2.45, 2.75) is 184 Å². The number of likely N-dealkylation sites (N-methyl/N-ethyl adjacent to an activating group) is 1. The number of amides is 1. The zero-order chi connectivity index (χ0) is 53.8. The Bertz CT molecular complexity index is 3030. The molecule has 408 valence electrons. The highest BCUT2D eigenvalue weighted by Gasteiger charge is 2.62. The van der Waals surface area contributed by atoms with Crippen LogP contribution in [-0.2, 0) is 40.6 Å². The highest BCUT2D eigenvalue weighted by atomic mass is 32.2. The van der Waals surface area contributed by atoms with Crippen LogP contribution in [0.25, 0.3) is 0 Å². The van der Waals surface area contributed by atoms with Crippen LogP contribution in [-0.4, -0.2) is 109 Å². The number of likely N-dealkylation sites (tertiary alicyclic amines) is 1. The van der Waals surface area contributed by atoms with E-state index in [1.165, 1.54) is 36.1 Å². The maximum absolute atomic E-state index is 13.4. The number of carbonyl (C=O) groups is 1. The molecule has 0 radical (unpaired) electrons. The number of hydrogen-bond donors (Lipinski definition) is 4. The van der Waals surface area contributed by atoms with Crippen molar-refractivity contribution in [1.82, 2.24) is 10.2 Å². The number of aliphatic hydroxyl groups is 1. The molecule has 2 saturated carbocycles. The van der Waals surface area contributed by atoms with Gasteiger partial charge in [-0.05, 0) is 169 Å². The summed E-state index contributed by atoms with van der Waals surface area (Å²) in [6.45, 7) is 23.6. The molecule has 4 heterocycles. The molecule has 2 aromatic rings. The summed E-state index contributed by atoms with van der Waals surface area (Å²) in [5.74, 6) is 2.91. The molecule has 0 aromatic heterocycles. The third kappa shape index (κ3) is 9.37. The molecule has 8 aliphatic rings. The lowest BCUT2D eigenvalue weighted by atomic mass is 9.56. The molecule has 13 nitrogen and oxygen atoms in total. The lowest BCUT2D eigenvalue weighted by Gasteiger charge is -2.49. The molecular formula is C60H83N4O9S2+. The summed E-state index contributed by atoms with van der Waals surface area (Å²) in [5, 5.41) is 13.8. The van der Waals surface area contributed by atoms with E-state index in [1.807, 2.05) is 52.8 Å². The van der Waals surface area contributed by atoms with Gasteiger partial charge in [0.1, 0.15) is 6.54 Å². The number of hydrogen-bond acceptors (Lipinski definition) is 9. The van der Waals surface area contributed by atoms with Gasteiger partial charge < -0.3 is 20.1 Å². The summed E-state index contributed by atoms with van der Waals surface area (Å²) < 4.78 is 78.3. The van der Waals surface area contributed by atoms with E-state index in [0.717, 1.165) is 105 Å². The van der Waals surface area contributed by atoms with Crippen molar-refractivity contribution in [3.63, 3.8) is 0 Å². The normalized spacial score (nSPS) is 33.4. The lowest BCUT2D eigenvalue weighted by molar-refractivity contribution is -0.438. The van der Waals surface area contributed by atoms with Crippen LogP contribution in [0.15, 0.2) is 92.9 Å². The van der Waals surface area contributed by atoms with E-state index in [0.29, 0.717) is 61.7 Å². The maximum atomic E-state index is 13.4. The predicted molar refractivity (Wildman–Crippen MR) is 294 cm³/mol. The quantitative estimate of drug-likeness (QED) is 0.0613. The van der Waals surface area contributed by atoms with Crippen molar-refractivity contribution in [3.05, 3.63) is 94.2 Å². The molecule has 4 fully saturated rings. The molecule has 15 heteroatoms. The number of benzene rings is 2. The van der Waals surface area contributed by atoms with Crippen molar-refractivity contribution in [2.24, 2.45) is 35.0 Å².